The van der Waals surface area contributed by atoms with Gasteiger partial charge in [-0.25, -0.2) is 4.98 Å². The first-order valence-electron chi connectivity index (χ1n) is 7.11. The van der Waals surface area contributed by atoms with Crippen LogP contribution in [0.4, 0.5) is 0 Å². The van der Waals surface area contributed by atoms with Crippen molar-refractivity contribution in [2.45, 2.75) is 0 Å². The highest BCUT2D eigenvalue weighted by Crippen LogP contribution is 2.32. The number of benzene rings is 1. The largest absolute Gasteiger partial charge is 0.510 e. The molecule has 23 heavy (non-hydrogen) atoms. The predicted octanol–water partition coefficient (Wildman–Crippen LogP) is 3.57. The second-order valence-corrected chi connectivity index (χ2v) is 5.97. The molecule has 0 aliphatic carbocycles. The number of rotatable bonds is 5. The third kappa shape index (κ3) is 2.85. The van der Waals surface area contributed by atoms with Gasteiger partial charge < -0.3 is 14.7 Å². The summed E-state index contributed by atoms with van der Waals surface area (Å²) in [5.74, 6) is 1.24. The zero-order valence-electron chi connectivity index (χ0n) is 12.7. The molecule has 0 radical (unpaired) electrons. The highest BCUT2D eigenvalue weighted by molar-refractivity contribution is 7.11. The summed E-state index contributed by atoms with van der Waals surface area (Å²) in [7, 11) is 1.63. The van der Waals surface area contributed by atoms with Gasteiger partial charge in [0, 0.05) is 17.5 Å². The van der Waals surface area contributed by atoms with Crippen LogP contribution in [0, 0.1) is 5.41 Å². The Balaban J connectivity index is 1.91. The van der Waals surface area contributed by atoms with Gasteiger partial charge in [0.25, 0.3) is 0 Å². The van der Waals surface area contributed by atoms with Crippen molar-refractivity contribution in [1.82, 2.24) is 9.88 Å². The molecule has 2 N–H and O–H groups in total. The Morgan fingerprint density at radius 1 is 1.52 bits per heavy atom. The number of hydrogen-bond acceptors (Lipinski definition) is 5. The van der Waals surface area contributed by atoms with Crippen molar-refractivity contribution in [1.29, 1.82) is 5.41 Å². The van der Waals surface area contributed by atoms with E-state index in [4.69, 9.17) is 10.1 Å². The molecule has 6 heteroatoms. The Hall–Kier alpha value is -2.60. The molecule has 1 aromatic carbocycles. The van der Waals surface area contributed by atoms with Crippen molar-refractivity contribution in [2.24, 2.45) is 0 Å². The van der Waals surface area contributed by atoms with Gasteiger partial charge in [-0.1, -0.05) is 18.2 Å². The Labute approximate surface area is 138 Å². The summed E-state index contributed by atoms with van der Waals surface area (Å²) >= 11 is 1.42. The molecule has 0 fully saturated rings. The van der Waals surface area contributed by atoms with Crippen LogP contribution in [0.15, 0.2) is 48.1 Å². The third-order valence-corrected chi connectivity index (χ3v) is 4.48. The van der Waals surface area contributed by atoms with Gasteiger partial charge in [0.15, 0.2) is 0 Å². The van der Waals surface area contributed by atoms with E-state index in [1.54, 1.807) is 18.1 Å². The second-order valence-electron chi connectivity index (χ2n) is 5.11. The topological polar surface area (TPSA) is 69.4 Å². The maximum absolute atomic E-state index is 10.2. The number of aromatic nitrogens is 1. The van der Waals surface area contributed by atoms with Gasteiger partial charge in [-0.3, -0.25) is 5.41 Å². The lowest BCUT2D eigenvalue weighted by molar-refractivity contribution is 0.362. The van der Waals surface area contributed by atoms with Crippen molar-refractivity contribution in [3.05, 3.63) is 53.1 Å². The number of nitrogens with one attached hydrogen (secondary N) is 1. The number of nitrogens with zero attached hydrogens (tertiary/aromatic N) is 2. The fourth-order valence-corrected chi connectivity index (χ4v) is 3.37. The molecule has 118 valence electrons. The summed E-state index contributed by atoms with van der Waals surface area (Å²) < 4.78 is 5.23. The lowest BCUT2D eigenvalue weighted by atomic mass is 10.1. The van der Waals surface area contributed by atoms with Gasteiger partial charge in [0.2, 0.25) is 0 Å². The van der Waals surface area contributed by atoms with Crippen LogP contribution in [0.1, 0.15) is 5.01 Å². The molecule has 0 spiro atoms. The van der Waals surface area contributed by atoms with Crippen LogP contribution in [-0.4, -0.2) is 41.0 Å². The van der Waals surface area contributed by atoms with Crippen molar-refractivity contribution in [3.63, 3.8) is 0 Å². The molecule has 0 saturated carbocycles. The number of aliphatic hydroxyl groups excluding tert-OH is 1. The monoisotopic (exact) mass is 327 g/mol. The van der Waals surface area contributed by atoms with Gasteiger partial charge >= 0.3 is 0 Å². The van der Waals surface area contributed by atoms with Crippen molar-refractivity contribution < 1.29 is 9.84 Å². The number of methoxy groups -OCH3 is 1. The quantitative estimate of drug-likeness (QED) is 0.824. The smallest absolute Gasteiger partial charge is 0.135 e. The molecule has 1 aliphatic heterocycles. The minimum absolute atomic E-state index is 0.184. The van der Waals surface area contributed by atoms with Crippen LogP contribution in [0.2, 0.25) is 0 Å². The van der Waals surface area contributed by atoms with Gasteiger partial charge in [-0.05, 0) is 12.1 Å². The van der Waals surface area contributed by atoms with Crippen molar-refractivity contribution >= 4 is 22.7 Å². The van der Waals surface area contributed by atoms with E-state index < -0.39 is 0 Å². The molecule has 0 amide bonds. The van der Waals surface area contributed by atoms with E-state index in [2.05, 4.69) is 11.6 Å². The van der Waals surface area contributed by atoms with Crippen LogP contribution in [0.5, 0.6) is 5.75 Å². The van der Waals surface area contributed by atoms with Crippen molar-refractivity contribution in [2.75, 3.05) is 20.2 Å². The molecule has 1 aliphatic rings. The Kier molecular flexibility index (Phi) is 4.16. The molecular weight excluding hydrogens is 310 g/mol. The second kappa shape index (κ2) is 6.26. The number of amidine groups is 1. The molecule has 0 bridgehead atoms. The number of ether oxygens (including phenoxy) is 1. The number of thiazole rings is 1. The summed E-state index contributed by atoms with van der Waals surface area (Å²) in [5, 5.41) is 21.0. The van der Waals surface area contributed by atoms with E-state index in [0.717, 1.165) is 17.0 Å². The highest BCUT2D eigenvalue weighted by atomic mass is 32.1. The van der Waals surface area contributed by atoms with E-state index in [1.165, 1.54) is 11.3 Å². The van der Waals surface area contributed by atoms with Crippen LogP contribution in [0.3, 0.4) is 0 Å². The minimum Gasteiger partial charge on any atom is -0.510 e. The summed E-state index contributed by atoms with van der Waals surface area (Å²) in [6, 6.07) is 7.66. The van der Waals surface area contributed by atoms with Crippen molar-refractivity contribution in [3.8, 4) is 17.0 Å². The van der Waals surface area contributed by atoms with Crippen LogP contribution >= 0.6 is 11.3 Å². The molecule has 0 atom stereocenters. The average Bonchev–Trinajstić information content (AvgIpc) is 3.13. The van der Waals surface area contributed by atoms with E-state index in [0.29, 0.717) is 23.7 Å². The predicted molar refractivity (Wildman–Crippen MR) is 93.1 cm³/mol. The van der Waals surface area contributed by atoms with Crippen LogP contribution < -0.4 is 4.74 Å². The minimum atomic E-state index is 0.184. The summed E-state index contributed by atoms with van der Waals surface area (Å²) in [5.41, 5.74) is 2.25. The van der Waals surface area contributed by atoms with E-state index in [-0.39, 0.29) is 11.6 Å². The molecular formula is C17H17N3O2S. The first-order valence-corrected chi connectivity index (χ1v) is 7.99. The van der Waals surface area contributed by atoms with Gasteiger partial charge in [-0.2, -0.15) is 0 Å². The van der Waals surface area contributed by atoms with Gasteiger partial charge in [0.1, 0.15) is 22.4 Å². The SMILES string of the molecule is C=CCN1CC(O)=C(c2nc(-c3cccc(OC)c3)cs2)C1=N. The van der Waals surface area contributed by atoms with E-state index >= 15 is 0 Å². The Morgan fingerprint density at radius 3 is 3.09 bits per heavy atom. The molecule has 1 aromatic heterocycles. The van der Waals surface area contributed by atoms with Crippen LogP contribution in [0.25, 0.3) is 16.8 Å². The first kappa shape index (κ1) is 15.3. The molecule has 2 heterocycles. The fraction of sp³-hybridized carbons (Fsp3) is 0.176. The maximum atomic E-state index is 10.2. The first-order chi connectivity index (χ1) is 11.1. The summed E-state index contributed by atoms with van der Waals surface area (Å²) in [6.07, 6.45) is 1.72. The lowest BCUT2D eigenvalue weighted by Crippen LogP contribution is -2.26. The van der Waals surface area contributed by atoms with Crippen LogP contribution in [-0.2, 0) is 0 Å². The van der Waals surface area contributed by atoms with Gasteiger partial charge in [-0.15, -0.1) is 17.9 Å². The third-order valence-electron chi connectivity index (χ3n) is 3.62. The van der Waals surface area contributed by atoms with Gasteiger partial charge in [0.05, 0.1) is 24.9 Å². The summed E-state index contributed by atoms with van der Waals surface area (Å²) in [6.45, 7) is 4.53. The molecule has 3 rings (SSSR count). The highest BCUT2D eigenvalue weighted by Gasteiger charge is 2.29. The zero-order chi connectivity index (χ0) is 16.4. The summed E-state index contributed by atoms with van der Waals surface area (Å²) in [4.78, 5) is 6.34. The Morgan fingerprint density at radius 2 is 2.35 bits per heavy atom. The number of hydrogen-bond donors (Lipinski definition) is 2. The molecule has 2 aromatic rings. The molecule has 0 saturated heterocycles. The zero-order valence-corrected chi connectivity index (χ0v) is 13.6. The lowest BCUT2D eigenvalue weighted by Gasteiger charge is -2.15. The molecule has 0 unspecified atom stereocenters. The standard InChI is InChI=1S/C17H17N3O2S/c1-3-7-20-9-14(21)15(16(20)18)17-19-13(10-23-17)11-5-4-6-12(8-11)22-2/h3-6,8,10,18,21H,1,7,9H2,2H3. The number of aliphatic hydroxyl groups is 1. The van der Waals surface area contributed by atoms with E-state index in [9.17, 15) is 5.11 Å². The Bertz CT molecular complexity index is 795. The average molecular weight is 327 g/mol. The fourth-order valence-electron chi connectivity index (χ4n) is 2.47. The molecule has 5 nitrogen and oxygen atoms in total. The normalized spacial score (nSPS) is 14.5. The van der Waals surface area contributed by atoms with E-state index in [1.807, 2.05) is 29.6 Å². The maximum Gasteiger partial charge on any atom is 0.135 e.